The lowest BCUT2D eigenvalue weighted by atomic mass is 9.91. The molecule has 0 bridgehead atoms. The minimum atomic E-state index is 0.0956. The van der Waals surface area contributed by atoms with E-state index in [0.717, 1.165) is 40.9 Å². The number of aryl methyl sites for hydroxylation is 2. The van der Waals surface area contributed by atoms with Crippen molar-refractivity contribution in [3.8, 4) is 0 Å². The average Bonchev–Trinajstić information content (AvgIpc) is 2.94. The van der Waals surface area contributed by atoms with Crippen molar-refractivity contribution in [3.05, 3.63) is 35.3 Å². The highest BCUT2D eigenvalue weighted by Gasteiger charge is 2.46. The van der Waals surface area contributed by atoms with Gasteiger partial charge in [-0.2, -0.15) is 0 Å². The molecule has 1 fully saturated rings. The number of furan rings is 2. The molecule has 2 N–H and O–H groups in total. The molecule has 0 amide bonds. The van der Waals surface area contributed by atoms with Crippen molar-refractivity contribution >= 4 is 21.9 Å². The molecule has 0 atom stereocenters. The molecule has 3 heteroatoms. The summed E-state index contributed by atoms with van der Waals surface area (Å²) in [5, 5.41) is 2.29. The summed E-state index contributed by atoms with van der Waals surface area (Å²) in [7, 11) is 0. The van der Waals surface area contributed by atoms with E-state index in [0.29, 0.717) is 6.54 Å². The van der Waals surface area contributed by atoms with Crippen molar-refractivity contribution in [2.45, 2.75) is 32.1 Å². The Morgan fingerprint density at radius 1 is 1.11 bits per heavy atom. The smallest absolute Gasteiger partial charge is 0.138 e. The molecule has 3 aromatic rings. The van der Waals surface area contributed by atoms with Gasteiger partial charge < -0.3 is 14.6 Å². The van der Waals surface area contributed by atoms with Crippen LogP contribution in [0.2, 0.25) is 0 Å². The van der Waals surface area contributed by atoms with Crippen LogP contribution in [0.15, 0.2) is 27.0 Å². The van der Waals surface area contributed by atoms with Crippen LogP contribution in [0.4, 0.5) is 0 Å². The first-order valence-electron chi connectivity index (χ1n) is 6.77. The average molecular weight is 255 g/mol. The number of nitrogens with two attached hydrogens (primary N) is 1. The van der Waals surface area contributed by atoms with E-state index in [1.54, 1.807) is 0 Å². The zero-order chi connectivity index (χ0) is 13.2. The van der Waals surface area contributed by atoms with Crippen molar-refractivity contribution in [2.24, 2.45) is 5.73 Å². The summed E-state index contributed by atoms with van der Waals surface area (Å²) in [5.74, 6) is 1.88. The molecule has 98 valence electrons. The Morgan fingerprint density at radius 2 is 1.84 bits per heavy atom. The highest BCUT2D eigenvalue weighted by Crippen LogP contribution is 2.52. The third kappa shape index (κ3) is 1.42. The van der Waals surface area contributed by atoms with Crippen molar-refractivity contribution in [1.29, 1.82) is 0 Å². The summed E-state index contributed by atoms with van der Waals surface area (Å²) in [6, 6.07) is 6.25. The maximum Gasteiger partial charge on any atom is 0.138 e. The summed E-state index contributed by atoms with van der Waals surface area (Å²) >= 11 is 0. The first-order valence-corrected chi connectivity index (χ1v) is 6.77. The van der Waals surface area contributed by atoms with Gasteiger partial charge in [-0.15, -0.1) is 0 Å². The second-order valence-electron chi connectivity index (χ2n) is 5.78. The lowest BCUT2D eigenvalue weighted by Gasteiger charge is -2.14. The van der Waals surface area contributed by atoms with Crippen molar-refractivity contribution < 1.29 is 8.83 Å². The van der Waals surface area contributed by atoms with E-state index in [2.05, 4.69) is 18.2 Å². The van der Waals surface area contributed by atoms with Crippen LogP contribution in [0.25, 0.3) is 21.9 Å². The molecular weight excluding hydrogens is 238 g/mol. The minimum Gasteiger partial charge on any atom is -0.461 e. The number of hydrogen-bond donors (Lipinski definition) is 1. The number of rotatable bonds is 2. The molecule has 19 heavy (non-hydrogen) atoms. The maximum absolute atomic E-state index is 6.02. The Morgan fingerprint density at radius 3 is 2.53 bits per heavy atom. The molecule has 1 aliphatic rings. The van der Waals surface area contributed by atoms with Crippen LogP contribution < -0.4 is 5.73 Å². The molecule has 1 saturated carbocycles. The summed E-state index contributed by atoms with van der Waals surface area (Å²) in [4.78, 5) is 0. The predicted octanol–water partition coefficient (Wildman–Crippen LogP) is 3.79. The van der Waals surface area contributed by atoms with Crippen LogP contribution in [-0.4, -0.2) is 6.54 Å². The molecule has 2 aromatic heterocycles. The fraction of sp³-hybridized carbons (Fsp3) is 0.375. The van der Waals surface area contributed by atoms with E-state index in [-0.39, 0.29) is 5.41 Å². The van der Waals surface area contributed by atoms with Crippen LogP contribution in [0.5, 0.6) is 0 Å². The van der Waals surface area contributed by atoms with Crippen LogP contribution in [0.1, 0.15) is 29.9 Å². The van der Waals surface area contributed by atoms with Crippen molar-refractivity contribution in [2.75, 3.05) is 6.54 Å². The zero-order valence-electron chi connectivity index (χ0n) is 11.2. The second kappa shape index (κ2) is 3.42. The van der Waals surface area contributed by atoms with Gasteiger partial charge in [0.15, 0.2) is 0 Å². The van der Waals surface area contributed by atoms with Gasteiger partial charge in [0, 0.05) is 28.3 Å². The standard InChI is InChI=1S/C16H17NO2/c1-9-5-11-7-13-12(6-10(2)18-13)14(15(11)19-9)16(8-17)3-4-16/h5-7H,3-4,8,17H2,1-2H3. The summed E-state index contributed by atoms with van der Waals surface area (Å²) in [6.07, 6.45) is 2.28. The Hall–Kier alpha value is -1.74. The fourth-order valence-electron chi connectivity index (χ4n) is 3.17. The Labute approximate surface area is 111 Å². The van der Waals surface area contributed by atoms with Gasteiger partial charge >= 0.3 is 0 Å². The molecule has 0 saturated heterocycles. The molecule has 0 unspecified atom stereocenters. The van der Waals surface area contributed by atoms with Gasteiger partial charge in [-0.05, 0) is 44.9 Å². The van der Waals surface area contributed by atoms with E-state index < -0.39 is 0 Å². The summed E-state index contributed by atoms with van der Waals surface area (Å²) in [6.45, 7) is 4.64. The highest BCUT2D eigenvalue weighted by atomic mass is 16.3. The van der Waals surface area contributed by atoms with Gasteiger partial charge in [0.05, 0.1) is 0 Å². The minimum absolute atomic E-state index is 0.0956. The van der Waals surface area contributed by atoms with Crippen LogP contribution in [-0.2, 0) is 5.41 Å². The third-order valence-corrected chi connectivity index (χ3v) is 4.33. The predicted molar refractivity (Wildman–Crippen MR) is 75.4 cm³/mol. The van der Waals surface area contributed by atoms with Gasteiger partial charge in [-0.25, -0.2) is 0 Å². The molecular formula is C16H17NO2. The fourth-order valence-corrected chi connectivity index (χ4v) is 3.17. The number of hydrogen-bond acceptors (Lipinski definition) is 3. The van der Waals surface area contributed by atoms with E-state index in [4.69, 9.17) is 14.6 Å². The lowest BCUT2D eigenvalue weighted by molar-refractivity contribution is 0.565. The Balaban J connectivity index is 2.18. The van der Waals surface area contributed by atoms with Gasteiger partial charge in [-0.3, -0.25) is 0 Å². The van der Waals surface area contributed by atoms with E-state index in [9.17, 15) is 0 Å². The summed E-state index contributed by atoms with van der Waals surface area (Å²) in [5.41, 5.74) is 9.32. The van der Waals surface area contributed by atoms with E-state index >= 15 is 0 Å². The molecule has 4 rings (SSSR count). The summed E-state index contributed by atoms with van der Waals surface area (Å²) < 4.78 is 11.8. The molecule has 2 heterocycles. The largest absolute Gasteiger partial charge is 0.461 e. The number of fused-ring (bicyclic) bond motifs is 2. The first kappa shape index (κ1) is 11.1. The lowest BCUT2D eigenvalue weighted by Crippen LogP contribution is -2.20. The molecule has 1 aromatic carbocycles. The molecule has 0 spiro atoms. The second-order valence-corrected chi connectivity index (χ2v) is 5.78. The quantitative estimate of drug-likeness (QED) is 0.758. The molecule has 0 aliphatic heterocycles. The van der Waals surface area contributed by atoms with Gasteiger partial charge in [-0.1, -0.05) is 0 Å². The normalized spacial score (nSPS) is 17.4. The SMILES string of the molecule is Cc1cc2c(C3(CN)CC3)c3oc(C)cc3cc2o1. The van der Waals surface area contributed by atoms with Gasteiger partial charge in [0.1, 0.15) is 22.7 Å². The maximum atomic E-state index is 6.02. The van der Waals surface area contributed by atoms with Gasteiger partial charge in [0.2, 0.25) is 0 Å². The van der Waals surface area contributed by atoms with Crippen LogP contribution in [0.3, 0.4) is 0 Å². The highest BCUT2D eigenvalue weighted by molar-refractivity contribution is 5.99. The van der Waals surface area contributed by atoms with Crippen LogP contribution in [0, 0.1) is 13.8 Å². The Bertz CT molecular complexity index is 735. The van der Waals surface area contributed by atoms with E-state index in [1.165, 1.54) is 10.9 Å². The monoisotopic (exact) mass is 255 g/mol. The molecule has 1 aliphatic carbocycles. The van der Waals surface area contributed by atoms with Gasteiger partial charge in [0.25, 0.3) is 0 Å². The Kier molecular flexibility index (Phi) is 2.00. The topological polar surface area (TPSA) is 52.3 Å². The third-order valence-electron chi connectivity index (χ3n) is 4.33. The first-order chi connectivity index (χ1) is 9.13. The molecule has 0 radical (unpaired) electrons. The van der Waals surface area contributed by atoms with E-state index in [1.807, 2.05) is 13.8 Å². The van der Waals surface area contributed by atoms with Crippen molar-refractivity contribution in [3.63, 3.8) is 0 Å². The number of benzene rings is 1. The van der Waals surface area contributed by atoms with Crippen LogP contribution >= 0.6 is 0 Å². The molecule has 3 nitrogen and oxygen atoms in total. The zero-order valence-corrected chi connectivity index (χ0v) is 11.2. The van der Waals surface area contributed by atoms with Crippen molar-refractivity contribution in [1.82, 2.24) is 0 Å².